The highest BCUT2D eigenvalue weighted by molar-refractivity contribution is 4.92. The summed E-state index contributed by atoms with van der Waals surface area (Å²) in [5.74, 6) is 1.58. The molecule has 1 heteroatoms. The third-order valence-electron chi connectivity index (χ3n) is 2.85. The summed E-state index contributed by atoms with van der Waals surface area (Å²) in [6, 6.07) is 0.658. The van der Waals surface area contributed by atoms with Crippen LogP contribution < -0.4 is 5.32 Å². The summed E-state index contributed by atoms with van der Waals surface area (Å²) in [6.07, 6.45) is 6.14. The van der Waals surface area contributed by atoms with Gasteiger partial charge in [-0.25, -0.2) is 0 Å². The van der Waals surface area contributed by atoms with Crippen molar-refractivity contribution in [3.8, 4) is 0 Å². The second-order valence-electron chi connectivity index (χ2n) is 5.90. The summed E-state index contributed by atoms with van der Waals surface area (Å²) < 4.78 is 0. The lowest BCUT2D eigenvalue weighted by molar-refractivity contribution is 0.398. The van der Waals surface area contributed by atoms with Gasteiger partial charge in [0, 0.05) is 6.04 Å². The second kappa shape index (κ2) is 8.81. The van der Waals surface area contributed by atoms with Crippen LogP contribution in [0.15, 0.2) is 11.6 Å². The van der Waals surface area contributed by atoms with Crippen LogP contribution in [0.1, 0.15) is 60.8 Å². The maximum atomic E-state index is 3.63. The standard InChI is InChI=1S/C15H31N/c1-12(2)8-7-9-14(5)11-16-15(6)10-13(3)4/h8,13-16H,7,9-11H2,1-6H3/t14?,15-/m0/s1. The Kier molecular flexibility index (Phi) is 8.64. The molecule has 0 heterocycles. The van der Waals surface area contributed by atoms with Gasteiger partial charge in [0.15, 0.2) is 0 Å². The van der Waals surface area contributed by atoms with Gasteiger partial charge in [0.25, 0.3) is 0 Å². The molecule has 0 spiro atoms. The first-order valence-corrected chi connectivity index (χ1v) is 6.78. The van der Waals surface area contributed by atoms with E-state index in [2.05, 4.69) is 52.9 Å². The van der Waals surface area contributed by atoms with Crippen molar-refractivity contribution in [2.75, 3.05) is 6.54 Å². The van der Waals surface area contributed by atoms with Gasteiger partial charge in [-0.05, 0) is 58.4 Å². The monoisotopic (exact) mass is 225 g/mol. The van der Waals surface area contributed by atoms with Crippen molar-refractivity contribution in [1.82, 2.24) is 5.32 Å². The smallest absolute Gasteiger partial charge is 0.00412 e. The molecular formula is C15H31N. The van der Waals surface area contributed by atoms with Crippen molar-refractivity contribution in [1.29, 1.82) is 0 Å². The van der Waals surface area contributed by atoms with Crippen molar-refractivity contribution >= 4 is 0 Å². The molecule has 0 aromatic rings. The van der Waals surface area contributed by atoms with Crippen LogP contribution in [0.25, 0.3) is 0 Å². The highest BCUT2D eigenvalue weighted by Crippen LogP contribution is 2.08. The molecule has 0 rings (SSSR count). The van der Waals surface area contributed by atoms with Crippen LogP contribution in [-0.4, -0.2) is 12.6 Å². The van der Waals surface area contributed by atoms with Crippen molar-refractivity contribution in [2.24, 2.45) is 11.8 Å². The average Bonchev–Trinajstić information content (AvgIpc) is 2.13. The van der Waals surface area contributed by atoms with Crippen molar-refractivity contribution in [3.63, 3.8) is 0 Å². The zero-order valence-electron chi connectivity index (χ0n) is 12.1. The molecule has 0 aliphatic rings. The van der Waals surface area contributed by atoms with Gasteiger partial charge in [0.05, 0.1) is 0 Å². The number of hydrogen-bond donors (Lipinski definition) is 1. The molecule has 0 aromatic carbocycles. The second-order valence-corrected chi connectivity index (χ2v) is 5.90. The molecule has 0 aromatic heterocycles. The van der Waals surface area contributed by atoms with E-state index in [0.717, 1.165) is 18.4 Å². The van der Waals surface area contributed by atoms with E-state index in [0.29, 0.717) is 6.04 Å². The van der Waals surface area contributed by atoms with Gasteiger partial charge in [0.1, 0.15) is 0 Å². The van der Waals surface area contributed by atoms with E-state index in [1.807, 2.05) is 0 Å². The minimum Gasteiger partial charge on any atom is -0.314 e. The fraction of sp³-hybridized carbons (Fsp3) is 0.867. The zero-order chi connectivity index (χ0) is 12.6. The molecule has 0 radical (unpaired) electrons. The molecule has 1 nitrogen and oxygen atoms in total. The summed E-state index contributed by atoms with van der Waals surface area (Å²) in [4.78, 5) is 0. The van der Waals surface area contributed by atoms with Gasteiger partial charge in [-0.15, -0.1) is 0 Å². The topological polar surface area (TPSA) is 12.0 Å². The quantitative estimate of drug-likeness (QED) is 0.604. The Bertz CT molecular complexity index is 190. The lowest BCUT2D eigenvalue weighted by atomic mass is 10.0. The molecule has 0 fully saturated rings. The normalized spacial score (nSPS) is 14.9. The van der Waals surface area contributed by atoms with Crippen LogP contribution in [0.2, 0.25) is 0 Å². The van der Waals surface area contributed by atoms with Crippen LogP contribution in [0, 0.1) is 11.8 Å². The maximum absolute atomic E-state index is 3.63. The lowest BCUT2D eigenvalue weighted by Crippen LogP contribution is -2.31. The maximum Gasteiger partial charge on any atom is 0.00412 e. The summed E-state index contributed by atoms with van der Waals surface area (Å²) >= 11 is 0. The van der Waals surface area contributed by atoms with Crippen molar-refractivity contribution < 1.29 is 0 Å². The van der Waals surface area contributed by atoms with Crippen LogP contribution in [-0.2, 0) is 0 Å². The van der Waals surface area contributed by atoms with E-state index >= 15 is 0 Å². The fourth-order valence-corrected chi connectivity index (χ4v) is 1.95. The lowest BCUT2D eigenvalue weighted by Gasteiger charge is -2.19. The average molecular weight is 225 g/mol. The molecule has 0 saturated heterocycles. The Morgan fingerprint density at radius 3 is 2.25 bits per heavy atom. The van der Waals surface area contributed by atoms with E-state index in [1.165, 1.54) is 24.8 Å². The highest BCUT2D eigenvalue weighted by atomic mass is 14.9. The molecule has 1 unspecified atom stereocenters. The number of rotatable bonds is 8. The van der Waals surface area contributed by atoms with E-state index in [4.69, 9.17) is 0 Å². The SMILES string of the molecule is CC(C)=CCCC(C)CN[C@@H](C)CC(C)C. The van der Waals surface area contributed by atoms with Crippen LogP contribution in [0.4, 0.5) is 0 Å². The van der Waals surface area contributed by atoms with Gasteiger partial charge in [0.2, 0.25) is 0 Å². The first-order valence-electron chi connectivity index (χ1n) is 6.78. The van der Waals surface area contributed by atoms with Crippen molar-refractivity contribution in [3.05, 3.63) is 11.6 Å². The molecule has 16 heavy (non-hydrogen) atoms. The molecule has 2 atom stereocenters. The largest absolute Gasteiger partial charge is 0.314 e. The van der Waals surface area contributed by atoms with E-state index < -0.39 is 0 Å². The van der Waals surface area contributed by atoms with Crippen LogP contribution >= 0.6 is 0 Å². The fourth-order valence-electron chi connectivity index (χ4n) is 1.95. The van der Waals surface area contributed by atoms with Gasteiger partial charge in [-0.3, -0.25) is 0 Å². The molecule has 0 amide bonds. The van der Waals surface area contributed by atoms with Crippen molar-refractivity contribution in [2.45, 2.75) is 66.8 Å². The minimum atomic E-state index is 0.658. The predicted molar refractivity (Wildman–Crippen MR) is 74.7 cm³/mol. The molecule has 96 valence electrons. The Morgan fingerprint density at radius 2 is 1.75 bits per heavy atom. The van der Waals surface area contributed by atoms with Crippen LogP contribution in [0.3, 0.4) is 0 Å². The van der Waals surface area contributed by atoms with Gasteiger partial charge in [-0.1, -0.05) is 32.4 Å². The summed E-state index contributed by atoms with van der Waals surface area (Å²) in [6.45, 7) is 14.7. The minimum absolute atomic E-state index is 0.658. The molecule has 0 aliphatic heterocycles. The molecule has 1 N–H and O–H groups in total. The molecule has 0 aliphatic carbocycles. The first-order chi connectivity index (χ1) is 7.41. The van der Waals surface area contributed by atoms with E-state index in [9.17, 15) is 0 Å². The predicted octanol–water partition coefficient (Wildman–Crippen LogP) is 4.39. The first kappa shape index (κ1) is 15.7. The third kappa shape index (κ3) is 10.2. The molecular weight excluding hydrogens is 194 g/mol. The molecule has 0 bridgehead atoms. The number of allylic oxidation sites excluding steroid dienone is 2. The summed E-state index contributed by atoms with van der Waals surface area (Å²) in [5.41, 5.74) is 1.44. The number of hydrogen-bond acceptors (Lipinski definition) is 1. The van der Waals surface area contributed by atoms with Gasteiger partial charge < -0.3 is 5.32 Å². The number of nitrogens with one attached hydrogen (secondary N) is 1. The third-order valence-corrected chi connectivity index (χ3v) is 2.85. The Labute approximate surface area is 103 Å². The van der Waals surface area contributed by atoms with E-state index in [1.54, 1.807) is 0 Å². The zero-order valence-corrected chi connectivity index (χ0v) is 12.1. The molecule has 0 saturated carbocycles. The van der Waals surface area contributed by atoms with Gasteiger partial charge >= 0.3 is 0 Å². The van der Waals surface area contributed by atoms with E-state index in [-0.39, 0.29) is 0 Å². The summed E-state index contributed by atoms with van der Waals surface area (Å²) in [7, 11) is 0. The Morgan fingerprint density at radius 1 is 1.12 bits per heavy atom. The Hall–Kier alpha value is -0.300. The summed E-state index contributed by atoms with van der Waals surface area (Å²) in [5, 5.41) is 3.63. The Balaban J connectivity index is 3.56. The highest BCUT2D eigenvalue weighted by Gasteiger charge is 2.06. The van der Waals surface area contributed by atoms with Crippen LogP contribution in [0.5, 0.6) is 0 Å². The van der Waals surface area contributed by atoms with Gasteiger partial charge in [-0.2, -0.15) is 0 Å².